The molecule has 0 saturated carbocycles. The molecule has 0 fully saturated rings. The normalized spacial score (nSPS) is 10.7. The van der Waals surface area contributed by atoms with Gasteiger partial charge >= 0.3 is 0 Å². The summed E-state index contributed by atoms with van der Waals surface area (Å²) >= 11 is 0. The highest BCUT2D eigenvalue weighted by Crippen LogP contribution is 2.29. The van der Waals surface area contributed by atoms with Gasteiger partial charge in [0.1, 0.15) is 5.75 Å². The summed E-state index contributed by atoms with van der Waals surface area (Å²) in [4.78, 5) is 0. The second kappa shape index (κ2) is 6.85. The third-order valence-corrected chi connectivity index (χ3v) is 2.86. The molecular weight excluding hydrogens is 258 g/mol. The van der Waals surface area contributed by atoms with Crippen molar-refractivity contribution in [2.75, 3.05) is 26.1 Å². The average Bonchev–Trinajstić information content (AvgIpc) is 2.92. The monoisotopic (exact) mass is 277 g/mol. The second-order valence-electron chi connectivity index (χ2n) is 4.24. The van der Waals surface area contributed by atoms with E-state index in [9.17, 15) is 0 Å². The summed E-state index contributed by atoms with van der Waals surface area (Å²) in [6, 6.07) is 5.40. The first-order valence-electron chi connectivity index (χ1n) is 6.54. The molecular formula is C13H19N5O2. The highest BCUT2D eigenvalue weighted by Gasteiger charge is 2.14. The molecule has 1 aromatic carbocycles. The van der Waals surface area contributed by atoms with Gasteiger partial charge in [-0.15, -0.1) is 5.10 Å². The van der Waals surface area contributed by atoms with Gasteiger partial charge in [-0.05, 0) is 42.0 Å². The van der Waals surface area contributed by atoms with Gasteiger partial charge in [-0.2, -0.15) is 0 Å². The van der Waals surface area contributed by atoms with E-state index in [4.69, 9.17) is 15.2 Å². The lowest BCUT2D eigenvalue weighted by atomic mass is 10.1. The van der Waals surface area contributed by atoms with Gasteiger partial charge in [-0.25, -0.2) is 4.68 Å². The van der Waals surface area contributed by atoms with Crippen molar-refractivity contribution in [1.82, 2.24) is 20.2 Å². The van der Waals surface area contributed by atoms with Gasteiger partial charge in [0.25, 0.3) is 0 Å². The maximum atomic E-state index is 5.82. The van der Waals surface area contributed by atoms with Crippen molar-refractivity contribution >= 4 is 5.69 Å². The maximum absolute atomic E-state index is 5.82. The zero-order valence-corrected chi connectivity index (χ0v) is 11.7. The quantitative estimate of drug-likeness (QED) is 0.607. The van der Waals surface area contributed by atoms with Crippen LogP contribution in [0.25, 0.3) is 11.4 Å². The van der Waals surface area contributed by atoms with Gasteiger partial charge in [0, 0.05) is 25.4 Å². The Kier molecular flexibility index (Phi) is 4.89. The molecule has 0 bridgehead atoms. The van der Waals surface area contributed by atoms with E-state index in [-0.39, 0.29) is 0 Å². The number of hydrogen-bond donors (Lipinski definition) is 1. The molecule has 0 spiro atoms. The van der Waals surface area contributed by atoms with Crippen molar-refractivity contribution in [3.63, 3.8) is 0 Å². The molecule has 0 radical (unpaired) electrons. The Labute approximate surface area is 117 Å². The molecule has 1 heterocycles. The molecule has 0 aliphatic carbocycles. The first kappa shape index (κ1) is 14.3. The van der Waals surface area contributed by atoms with Crippen LogP contribution in [-0.4, -0.2) is 40.5 Å². The van der Waals surface area contributed by atoms with E-state index in [1.807, 2.05) is 19.1 Å². The summed E-state index contributed by atoms with van der Waals surface area (Å²) in [5.41, 5.74) is 7.25. The van der Waals surface area contributed by atoms with E-state index in [1.165, 1.54) is 0 Å². The number of ether oxygens (including phenoxy) is 2. The lowest BCUT2D eigenvalue weighted by Gasteiger charge is -2.09. The topological polar surface area (TPSA) is 88.1 Å². The van der Waals surface area contributed by atoms with Crippen molar-refractivity contribution in [2.24, 2.45) is 0 Å². The number of nitrogens with two attached hydrogens (primary N) is 1. The predicted molar refractivity (Wildman–Crippen MR) is 75.3 cm³/mol. The SMILES string of the molecule is CCOCCCn1nnnc1-c1cc(N)ccc1OC. The minimum Gasteiger partial charge on any atom is -0.496 e. The summed E-state index contributed by atoms with van der Waals surface area (Å²) in [5, 5.41) is 11.8. The van der Waals surface area contributed by atoms with Gasteiger partial charge in [-0.1, -0.05) is 0 Å². The first-order valence-corrected chi connectivity index (χ1v) is 6.54. The van der Waals surface area contributed by atoms with Crippen LogP contribution in [0.5, 0.6) is 5.75 Å². The van der Waals surface area contributed by atoms with Crippen LogP contribution in [0.2, 0.25) is 0 Å². The third kappa shape index (κ3) is 3.24. The van der Waals surface area contributed by atoms with Gasteiger partial charge < -0.3 is 15.2 Å². The van der Waals surface area contributed by atoms with Crippen LogP contribution in [0.3, 0.4) is 0 Å². The number of nitrogen functional groups attached to an aromatic ring is 1. The van der Waals surface area contributed by atoms with Crippen molar-refractivity contribution in [3.05, 3.63) is 18.2 Å². The number of aromatic nitrogens is 4. The molecule has 0 amide bonds. The first-order chi connectivity index (χ1) is 9.76. The van der Waals surface area contributed by atoms with Crippen molar-refractivity contribution in [1.29, 1.82) is 0 Å². The smallest absolute Gasteiger partial charge is 0.185 e. The molecule has 0 aliphatic rings. The number of rotatable bonds is 7. The highest BCUT2D eigenvalue weighted by atomic mass is 16.5. The largest absolute Gasteiger partial charge is 0.496 e. The van der Waals surface area contributed by atoms with Crippen molar-refractivity contribution in [3.8, 4) is 17.1 Å². The second-order valence-corrected chi connectivity index (χ2v) is 4.24. The molecule has 0 atom stereocenters. The van der Waals surface area contributed by atoms with E-state index in [0.717, 1.165) is 12.0 Å². The molecule has 7 heteroatoms. The van der Waals surface area contributed by atoms with Crippen molar-refractivity contribution in [2.45, 2.75) is 19.9 Å². The zero-order chi connectivity index (χ0) is 14.4. The number of nitrogens with zero attached hydrogens (tertiary/aromatic N) is 4. The van der Waals surface area contributed by atoms with Crippen LogP contribution < -0.4 is 10.5 Å². The molecule has 2 aromatic rings. The van der Waals surface area contributed by atoms with Crippen LogP contribution in [-0.2, 0) is 11.3 Å². The number of hydrogen-bond acceptors (Lipinski definition) is 6. The summed E-state index contributed by atoms with van der Waals surface area (Å²) < 4.78 is 12.4. The summed E-state index contributed by atoms with van der Waals surface area (Å²) in [7, 11) is 1.61. The Morgan fingerprint density at radius 3 is 2.95 bits per heavy atom. The van der Waals surface area contributed by atoms with E-state index in [1.54, 1.807) is 17.9 Å². The van der Waals surface area contributed by atoms with Gasteiger partial charge in [0.15, 0.2) is 5.82 Å². The Morgan fingerprint density at radius 2 is 2.20 bits per heavy atom. The molecule has 7 nitrogen and oxygen atoms in total. The van der Waals surface area contributed by atoms with Crippen LogP contribution in [0, 0.1) is 0 Å². The fourth-order valence-corrected chi connectivity index (χ4v) is 1.91. The highest BCUT2D eigenvalue weighted by molar-refractivity contribution is 5.68. The fourth-order valence-electron chi connectivity index (χ4n) is 1.91. The van der Waals surface area contributed by atoms with E-state index >= 15 is 0 Å². The third-order valence-electron chi connectivity index (χ3n) is 2.86. The number of aryl methyl sites for hydroxylation is 1. The number of tetrazole rings is 1. The Balaban J connectivity index is 2.21. The van der Waals surface area contributed by atoms with Crippen molar-refractivity contribution < 1.29 is 9.47 Å². The molecule has 108 valence electrons. The molecule has 20 heavy (non-hydrogen) atoms. The molecule has 0 aliphatic heterocycles. The average molecular weight is 277 g/mol. The number of benzene rings is 1. The Bertz CT molecular complexity index is 555. The lowest BCUT2D eigenvalue weighted by molar-refractivity contribution is 0.140. The van der Waals surface area contributed by atoms with E-state index in [2.05, 4.69) is 15.5 Å². The predicted octanol–water partition coefficient (Wildman–Crippen LogP) is 1.36. The molecule has 0 unspecified atom stereocenters. The maximum Gasteiger partial charge on any atom is 0.185 e. The van der Waals surface area contributed by atoms with Crippen LogP contribution in [0.15, 0.2) is 18.2 Å². The van der Waals surface area contributed by atoms with E-state index < -0.39 is 0 Å². The number of anilines is 1. The number of methoxy groups -OCH3 is 1. The van der Waals surface area contributed by atoms with Crippen LogP contribution in [0.1, 0.15) is 13.3 Å². The summed E-state index contributed by atoms with van der Waals surface area (Å²) in [6.45, 7) is 4.05. The van der Waals surface area contributed by atoms with Crippen LogP contribution >= 0.6 is 0 Å². The molecule has 0 saturated heterocycles. The van der Waals surface area contributed by atoms with E-state index in [0.29, 0.717) is 37.0 Å². The van der Waals surface area contributed by atoms with Gasteiger partial charge in [0.2, 0.25) is 0 Å². The lowest BCUT2D eigenvalue weighted by Crippen LogP contribution is -2.07. The molecule has 1 aromatic heterocycles. The van der Waals surface area contributed by atoms with Crippen LogP contribution in [0.4, 0.5) is 5.69 Å². The summed E-state index contributed by atoms with van der Waals surface area (Å²) in [5.74, 6) is 1.34. The Morgan fingerprint density at radius 1 is 1.35 bits per heavy atom. The van der Waals surface area contributed by atoms with Gasteiger partial charge in [0.05, 0.1) is 12.7 Å². The fraction of sp³-hybridized carbons (Fsp3) is 0.462. The minimum absolute atomic E-state index is 0.643. The Hall–Kier alpha value is -2.15. The summed E-state index contributed by atoms with van der Waals surface area (Å²) in [6.07, 6.45) is 0.844. The molecule has 2 N–H and O–H groups in total. The minimum atomic E-state index is 0.643. The molecule has 2 rings (SSSR count). The standard InChI is InChI=1S/C13H19N5O2/c1-3-20-8-4-7-18-13(15-16-17-18)11-9-10(14)5-6-12(11)19-2/h5-6,9H,3-4,7-8,14H2,1-2H3. The zero-order valence-electron chi connectivity index (χ0n) is 11.7. The van der Waals surface area contributed by atoms with Gasteiger partial charge in [-0.3, -0.25) is 0 Å².